The van der Waals surface area contributed by atoms with E-state index in [1.54, 1.807) is 19.2 Å². The van der Waals surface area contributed by atoms with Gasteiger partial charge in [0.05, 0.1) is 15.0 Å². The van der Waals surface area contributed by atoms with E-state index in [1.165, 1.54) is 6.42 Å². The van der Waals surface area contributed by atoms with Gasteiger partial charge in [0, 0.05) is 26.3 Å². The van der Waals surface area contributed by atoms with E-state index in [0.29, 0.717) is 11.0 Å². The second-order valence-corrected chi connectivity index (χ2v) is 5.74. The third kappa shape index (κ3) is 3.32. The van der Waals surface area contributed by atoms with Crippen molar-refractivity contribution in [3.8, 4) is 0 Å². The molecule has 5 nitrogen and oxygen atoms in total. The van der Waals surface area contributed by atoms with Crippen LogP contribution in [0.15, 0.2) is 22.7 Å². The molecule has 1 fully saturated rings. The van der Waals surface area contributed by atoms with Gasteiger partial charge in [-0.05, 0) is 46.8 Å². The van der Waals surface area contributed by atoms with Crippen molar-refractivity contribution in [1.29, 1.82) is 0 Å². The van der Waals surface area contributed by atoms with Gasteiger partial charge in [-0.15, -0.1) is 0 Å². The fourth-order valence-electron chi connectivity index (χ4n) is 2.27. The highest BCUT2D eigenvalue weighted by atomic mass is 79.9. The minimum atomic E-state index is -0.379. The SMILES string of the molecule is COC1(CNCc2ccc(Br)c([N+](=O)[O-])c2)CCC1. The van der Waals surface area contributed by atoms with E-state index in [1.807, 2.05) is 6.07 Å². The van der Waals surface area contributed by atoms with Crippen molar-refractivity contribution in [2.75, 3.05) is 13.7 Å². The molecule has 0 spiro atoms. The molecule has 0 radical (unpaired) electrons. The number of ether oxygens (including phenoxy) is 1. The Hall–Kier alpha value is -0.980. The summed E-state index contributed by atoms with van der Waals surface area (Å²) in [5, 5.41) is 14.2. The zero-order valence-electron chi connectivity index (χ0n) is 10.8. The van der Waals surface area contributed by atoms with Crippen LogP contribution in [0.2, 0.25) is 0 Å². The van der Waals surface area contributed by atoms with Crippen LogP contribution in [0.5, 0.6) is 0 Å². The molecule has 1 aliphatic carbocycles. The molecule has 0 atom stereocenters. The number of hydrogen-bond donors (Lipinski definition) is 1. The predicted molar refractivity (Wildman–Crippen MR) is 76.1 cm³/mol. The number of nitro groups is 1. The van der Waals surface area contributed by atoms with Gasteiger partial charge < -0.3 is 10.1 Å². The monoisotopic (exact) mass is 328 g/mol. The van der Waals surface area contributed by atoms with Gasteiger partial charge in [-0.25, -0.2) is 0 Å². The molecule has 2 rings (SSSR count). The van der Waals surface area contributed by atoms with Gasteiger partial charge >= 0.3 is 0 Å². The number of methoxy groups -OCH3 is 1. The van der Waals surface area contributed by atoms with E-state index in [-0.39, 0.29) is 16.2 Å². The lowest BCUT2D eigenvalue weighted by Gasteiger charge is -2.40. The second kappa shape index (κ2) is 5.98. The van der Waals surface area contributed by atoms with Gasteiger partial charge in [-0.3, -0.25) is 10.1 Å². The summed E-state index contributed by atoms with van der Waals surface area (Å²) in [5.41, 5.74) is 0.978. The Bertz CT molecular complexity index is 469. The van der Waals surface area contributed by atoms with Crippen molar-refractivity contribution < 1.29 is 9.66 Å². The van der Waals surface area contributed by atoms with Crippen molar-refractivity contribution in [3.63, 3.8) is 0 Å². The molecule has 0 heterocycles. The summed E-state index contributed by atoms with van der Waals surface area (Å²) >= 11 is 3.18. The molecule has 1 aromatic carbocycles. The molecule has 0 amide bonds. The maximum atomic E-state index is 10.8. The van der Waals surface area contributed by atoms with Crippen LogP contribution >= 0.6 is 15.9 Å². The molecule has 0 aromatic heterocycles. The molecule has 0 bridgehead atoms. The molecule has 1 aliphatic rings. The molecule has 6 heteroatoms. The van der Waals surface area contributed by atoms with Crippen LogP contribution in [-0.2, 0) is 11.3 Å². The summed E-state index contributed by atoms with van der Waals surface area (Å²) in [6, 6.07) is 5.19. The average molecular weight is 329 g/mol. The van der Waals surface area contributed by atoms with Gasteiger partial charge in [-0.1, -0.05) is 6.07 Å². The summed E-state index contributed by atoms with van der Waals surface area (Å²) in [7, 11) is 1.74. The lowest BCUT2D eigenvalue weighted by atomic mass is 9.80. The molecular formula is C13H17BrN2O3. The third-order valence-electron chi connectivity index (χ3n) is 3.68. The Balaban J connectivity index is 1.93. The molecule has 104 valence electrons. The van der Waals surface area contributed by atoms with Gasteiger partial charge in [-0.2, -0.15) is 0 Å². The summed E-state index contributed by atoms with van der Waals surface area (Å²) in [6.07, 6.45) is 3.37. The summed E-state index contributed by atoms with van der Waals surface area (Å²) in [4.78, 5) is 10.5. The zero-order chi connectivity index (χ0) is 13.9. The van der Waals surface area contributed by atoms with E-state index < -0.39 is 0 Å². The lowest BCUT2D eigenvalue weighted by Crippen LogP contribution is -2.47. The summed E-state index contributed by atoms with van der Waals surface area (Å²) in [6.45, 7) is 1.40. The first kappa shape index (κ1) is 14.4. The van der Waals surface area contributed by atoms with Crippen molar-refractivity contribution in [2.24, 2.45) is 0 Å². The van der Waals surface area contributed by atoms with E-state index >= 15 is 0 Å². The number of nitro benzene ring substituents is 1. The molecule has 1 aromatic rings. The van der Waals surface area contributed by atoms with Crippen molar-refractivity contribution >= 4 is 21.6 Å². The second-order valence-electron chi connectivity index (χ2n) is 4.89. The number of halogens is 1. The third-order valence-corrected chi connectivity index (χ3v) is 4.35. The van der Waals surface area contributed by atoms with E-state index in [4.69, 9.17) is 4.74 Å². The Labute approximate surface area is 120 Å². The highest BCUT2D eigenvalue weighted by Crippen LogP contribution is 2.34. The number of nitrogens with one attached hydrogen (secondary N) is 1. The predicted octanol–water partition coefficient (Wildman–Crippen LogP) is 3.02. The standard InChI is InChI=1S/C13H17BrN2O3/c1-19-13(5-2-6-13)9-15-8-10-3-4-11(14)12(7-10)16(17)18/h3-4,7,15H,2,5-6,8-9H2,1H3. The highest BCUT2D eigenvalue weighted by Gasteiger charge is 2.36. The molecule has 1 N–H and O–H groups in total. The van der Waals surface area contributed by atoms with Crippen LogP contribution in [0.4, 0.5) is 5.69 Å². The Morgan fingerprint density at radius 2 is 2.26 bits per heavy atom. The largest absolute Gasteiger partial charge is 0.377 e. The van der Waals surface area contributed by atoms with Crippen molar-refractivity contribution in [1.82, 2.24) is 5.32 Å². The first-order chi connectivity index (χ1) is 9.06. The van der Waals surface area contributed by atoms with Gasteiger partial charge in [0.2, 0.25) is 0 Å². The maximum Gasteiger partial charge on any atom is 0.283 e. The van der Waals surface area contributed by atoms with Crippen molar-refractivity contribution in [2.45, 2.75) is 31.4 Å². The van der Waals surface area contributed by atoms with Gasteiger partial charge in [0.25, 0.3) is 5.69 Å². The molecular weight excluding hydrogens is 312 g/mol. The minimum absolute atomic E-state index is 0.0265. The van der Waals surface area contributed by atoms with Crippen LogP contribution in [0, 0.1) is 10.1 Å². The molecule has 0 saturated heterocycles. The van der Waals surface area contributed by atoms with Crippen LogP contribution in [0.25, 0.3) is 0 Å². The Morgan fingerprint density at radius 1 is 1.53 bits per heavy atom. The normalized spacial score (nSPS) is 16.9. The van der Waals surface area contributed by atoms with Crippen LogP contribution in [0.3, 0.4) is 0 Å². The molecule has 1 saturated carbocycles. The lowest BCUT2D eigenvalue weighted by molar-refractivity contribution is -0.385. The molecule has 19 heavy (non-hydrogen) atoms. The average Bonchev–Trinajstić information content (AvgIpc) is 2.34. The fourth-order valence-corrected chi connectivity index (χ4v) is 2.66. The van der Waals surface area contributed by atoms with Gasteiger partial charge in [0.15, 0.2) is 0 Å². The van der Waals surface area contributed by atoms with Gasteiger partial charge in [0.1, 0.15) is 0 Å². The maximum absolute atomic E-state index is 10.8. The Morgan fingerprint density at radius 3 is 2.79 bits per heavy atom. The first-order valence-electron chi connectivity index (χ1n) is 6.25. The van der Waals surface area contributed by atoms with E-state index in [9.17, 15) is 10.1 Å². The van der Waals surface area contributed by atoms with Crippen LogP contribution in [0.1, 0.15) is 24.8 Å². The first-order valence-corrected chi connectivity index (χ1v) is 7.04. The summed E-state index contributed by atoms with van der Waals surface area (Å²) in [5.74, 6) is 0. The van der Waals surface area contributed by atoms with Crippen LogP contribution in [-0.4, -0.2) is 24.2 Å². The minimum Gasteiger partial charge on any atom is -0.377 e. The summed E-state index contributed by atoms with van der Waals surface area (Å²) < 4.78 is 6.02. The van der Waals surface area contributed by atoms with E-state index in [0.717, 1.165) is 24.9 Å². The molecule has 0 unspecified atom stereocenters. The quantitative estimate of drug-likeness (QED) is 0.644. The smallest absolute Gasteiger partial charge is 0.283 e. The Kier molecular flexibility index (Phi) is 4.54. The highest BCUT2D eigenvalue weighted by molar-refractivity contribution is 9.10. The number of benzene rings is 1. The fraction of sp³-hybridized carbons (Fsp3) is 0.538. The number of nitrogens with zero attached hydrogens (tertiary/aromatic N) is 1. The molecule has 0 aliphatic heterocycles. The number of rotatable bonds is 6. The topological polar surface area (TPSA) is 64.4 Å². The zero-order valence-corrected chi connectivity index (χ0v) is 12.4. The number of hydrogen-bond acceptors (Lipinski definition) is 4. The van der Waals surface area contributed by atoms with Crippen molar-refractivity contribution in [3.05, 3.63) is 38.3 Å². The van der Waals surface area contributed by atoms with E-state index in [2.05, 4.69) is 21.2 Å². The van der Waals surface area contributed by atoms with Crippen LogP contribution < -0.4 is 5.32 Å².